The number of thioether (sulfide) groups is 1. The molecular weight excluding hydrogens is 451 g/mol. The fourth-order valence-corrected chi connectivity index (χ4v) is 3.60. The number of nitrogens with two attached hydrogens (primary N) is 1. The van der Waals surface area contributed by atoms with Crippen LogP contribution in [-0.2, 0) is 20.7 Å². The summed E-state index contributed by atoms with van der Waals surface area (Å²) in [5, 5.41) is 2.48. The minimum absolute atomic E-state index is 0. The molecule has 1 amide bonds. The molecule has 6 nitrogen and oxygen atoms in total. The number of rotatable bonds is 6. The molecule has 3 N–H and O–H groups in total. The number of benzene rings is 2. The summed E-state index contributed by atoms with van der Waals surface area (Å²) in [4.78, 5) is 23.4. The van der Waals surface area contributed by atoms with Crippen LogP contribution in [0.3, 0.4) is 0 Å². The Morgan fingerprint density at radius 3 is 2.50 bits per heavy atom. The molecule has 1 aliphatic heterocycles. The number of ether oxygens (including phenoxy) is 2. The Kier molecular flexibility index (Phi) is 8.36. The molecule has 1 atom stereocenters. The van der Waals surface area contributed by atoms with Crippen molar-refractivity contribution in [2.45, 2.75) is 12.5 Å². The van der Waals surface area contributed by atoms with Gasteiger partial charge in [0.05, 0.1) is 12.0 Å². The lowest BCUT2D eigenvalue weighted by molar-refractivity contribution is -0.142. The monoisotopic (exact) mass is 468 g/mol. The molecule has 3 rings (SSSR count). The molecule has 0 aromatic heterocycles. The van der Waals surface area contributed by atoms with Gasteiger partial charge in [-0.1, -0.05) is 36.1 Å². The molecule has 158 valence electrons. The molecule has 0 spiro atoms. The summed E-state index contributed by atoms with van der Waals surface area (Å²) < 4.78 is 25.0. The SMILES string of the molecule is COC(=O)[C@@H](N)Cc1ccc(Oc2ccc(/C=C3/SC(=S)NC3=O)c(F)c2)cc1.Cl. The van der Waals surface area contributed by atoms with Crippen LogP contribution in [0.2, 0.25) is 0 Å². The van der Waals surface area contributed by atoms with Gasteiger partial charge in [-0.15, -0.1) is 12.4 Å². The molecular formula is C20H18ClFN2O4S2. The standard InChI is InChI=1S/C20H17FN2O4S2.ClH/c1-26-19(25)16(22)8-11-2-5-13(6-3-11)27-14-7-4-12(15(21)10-14)9-17-18(24)23-20(28)29-17;/h2-7,9-10,16H,8,22H2,1H3,(H,23,24,28);1H/b17-9+;/t16-;/m0./s1. The zero-order chi connectivity index (χ0) is 21.0. The van der Waals surface area contributed by atoms with Gasteiger partial charge >= 0.3 is 5.97 Å². The van der Waals surface area contributed by atoms with Crippen molar-refractivity contribution in [3.05, 3.63) is 64.3 Å². The lowest BCUT2D eigenvalue weighted by Gasteiger charge is -2.10. The van der Waals surface area contributed by atoms with E-state index in [4.69, 9.17) is 22.7 Å². The number of thiocarbonyl (C=S) groups is 1. The molecule has 2 aromatic rings. The van der Waals surface area contributed by atoms with Crippen molar-refractivity contribution in [3.8, 4) is 11.5 Å². The van der Waals surface area contributed by atoms with Crippen LogP contribution in [0.15, 0.2) is 47.4 Å². The van der Waals surface area contributed by atoms with Crippen molar-refractivity contribution in [3.63, 3.8) is 0 Å². The number of hydrogen-bond donors (Lipinski definition) is 2. The van der Waals surface area contributed by atoms with E-state index in [0.29, 0.717) is 27.1 Å². The second-order valence-corrected chi connectivity index (χ2v) is 7.83. The fourth-order valence-electron chi connectivity index (χ4n) is 2.57. The highest BCUT2D eigenvalue weighted by Gasteiger charge is 2.22. The molecule has 1 fully saturated rings. The number of halogens is 2. The molecule has 0 aliphatic carbocycles. The van der Waals surface area contributed by atoms with Crippen LogP contribution >= 0.6 is 36.4 Å². The molecule has 10 heteroatoms. The Balaban J connectivity index is 0.00000320. The number of esters is 1. The van der Waals surface area contributed by atoms with E-state index in [1.807, 2.05) is 0 Å². The van der Waals surface area contributed by atoms with Gasteiger partial charge in [0.25, 0.3) is 5.91 Å². The first kappa shape index (κ1) is 23.8. The largest absolute Gasteiger partial charge is 0.468 e. The number of hydrogen-bond acceptors (Lipinski definition) is 7. The third-order valence-corrected chi connectivity index (χ3v) is 5.18. The Bertz CT molecular complexity index is 999. The summed E-state index contributed by atoms with van der Waals surface area (Å²) in [6.45, 7) is 0. The maximum absolute atomic E-state index is 14.4. The lowest BCUT2D eigenvalue weighted by atomic mass is 10.1. The second kappa shape index (κ2) is 10.5. The summed E-state index contributed by atoms with van der Waals surface area (Å²) in [6.07, 6.45) is 1.78. The number of carbonyl (C=O) groups is 2. The molecule has 0 saturated carbocycles. The van der Waals surface area contributed by atoms with Crippen LogP contribution < -0.4 is 15.8 Å². The van der Waals surface area contributed by atoms with Crippen LogP contribution in [0.1, 0.15) is 11.1 Å². The normalized spacial score (nSPS) is 15.4. The summed E-state index contributed by atoms with van der Waals surface area (Å²) in [7, 11) is 1.29. The van der Waals surface area contributed by atoms with Crippen molar-refractivity contribution >= 4 is 58.7 Å². The minimum Gasteiger partial charge on any atom is -0.468 e. The maximum atomic E-state index is 14.4. The third kappa shape index (κ3) is 6.02. The molecule has 1 aliphatic rings. The van der Waals surface area contributed by atoms with Crippen LogP contribution in [0.25, 0.3) is 6.08 Å². The van der Waals surface area contributed by atoms with Crippen molar-refractivity contribution in [2.75, 3.05) is 7.11 Å². The second-order valence-electron chi connectivity index (χ2n) is 6.12. The fraction of sp³-hybridized carbons (Fsp3) is 0.150. The molecule has 2 aromatic carbocycles. The zero-order valence-corrected chi connectivity index (χ0v) is 18.2. The zero-order valence-electron chi connectivity index (χ0n) is 15.7. The summed E-state index contributed by atoms with van der Waals surface area (Å²) in [5.41, 5.74) is 6.84. The first-order valence-electron chi connectivity index (χ1n) is 8.50. The van der Waals surface area contributed by atoms with E-state index in [9.17, 15) is 14.0 Å². The summed E-state index contributed by atoms with van der Waals surface area (Å²) >= 11 is 6.00. The van der Waals surface area contributed by atoms with Gasteiger partial charge in [-0.05, 0) is 42.3 Å². The Labute approximate surface area is 188 Å². The van der Waals surface area contributed by atoms with E-state index in [1.54, 1.807) is 30.3 Å². The van der Waals surface area contributed by atoms with Crippen molar-refractivity contribution in [1.29, 1.82) is 0 Å². The maximum Gasteiger partial charge on any atom is 0.322 e. The number of amides is 1. The van der Waals surface area contributed by atoms with Gasteiger partial charge in [0.1, 0.15) is 27.7 Å². The van der Waals surface area contributed by atoms with Crippen LogP contribution in [0.5, 0.6) is 11.5 Å². The van der Waals surface area contributed by atoms with Gasteiger partial charge in [0.15, 0.2) is 0 Å². The van der Waals surface area contributed by atoms with Gasteiger partial charge < -0.3 is 20.5 Å². The van der Waals surface area contributed by atoms with E-state index in [2.05, 4.69) is 10.1 Å². The van der Waals surface area contributed by atoms with Crippen LogP contribution in [0, 0.1) is 5.82 Å². The average Bonchev–Trinajstić information content (AvgIpc) is 3.01. The topological polar surface area (TPSA) is 90.7 Å². The molecule has 1 heterocycles. The Hall–Kier alpha value is -2.46. The third-order valence-electron chi connectivity index (χ3n) is 4.02. The predicted octanol–water partition coefficient (Wildman–Crippen LogP) is 3.57. The van der Waals surface area contributed by atoms with Crippen molar-refractivity contribution in [1.82, 2.24) is 5.32 Å². The highest BCUT2D eigenvalue weighted by molar-refractivity contribution is 8.26. The summed E-state index contributed by atoms with van der Waals surface area (Å²) in [5.74, 6) is -0.538. The highest BCUT2D eigenvalue weighted by Crippen LogP contribution is 2.29. The molecule has 30 heavy (non-hydrogen) atoms. The first-order valence-corrected chi connectivity index (χ1v) is 9.73. The molecule has 0 radical (unpaired) electrons. The predicted molar refractivity (Wildman–Crippen MR) is 120 cm³/mol. The van der Waals surface area contributed by atoms with Gasteiger partial charge in [0.2, 0.25) is 0 Å². The highest BCUT2D eigenvalue weighted by atomic mass is 35.5. The number of nitrogens with one attached hydrogen (secondary N) is 1. The van der Waals surface area contributed by atoms with Crippen LogP contribution in [0.4, 0.5) is 4.39 Å². The van der Waals surface area contributed by atoms with E-state index in [-0.39, 0.29) is 23.9 Å². The smallest absolute Gasteiger partial charge is 0.322 e. The number of methoxy groups -OCH3 is 1. The average molecular weight is 469 g/mol. The molecule has 0 bridgehead atoms. The van der Waals surface area contributed by atoms with E-state index in [0.717, 1.165) is 17.3 Å². The van der Waals surface area contributed by atoms with Gasteiger partial charge in [-0.25, -0.2) is 4.39 Å². The van der Waals surface area contributed by atoms with Gasteiger partial charge in [-0.3, -0.25) is 9.59 Å². The lowest BCUT2D eigenvalue weighted by Crippen LogP contribution is -2.33. The first-order chi connectivity index (χ1) is 13.9. The number of carbonyl (C=O) groups excluding carboxylic acids is 2. The molecule has 0 unspecified atom stereocenters. The van der Waals surface area contributed by atoms with Gasteiger partial charge in [0, 0.05) is 11.6 Å². The van der Waals surface area contributed by atoms with E-state index >= 15 is 0 Å². The van der Waals surface area contributed by atoms with Crippen LogP contribution in [-0.4, -0.2) is 29.3 Å². The summed E-state index contributed by atoms with van der Waals surface area (Å²) in [6, 6.07) is 10.6. The van der Waals surface area contributed by atoms with E-state index in [1.165, 1.54) is 25.3 Å². The van der Waals surface area contributed by atoms with Crippen molar-refractivity contribution < 1.29 is 23.5 Å². The Morgan fingerprint density at radius 1 is 1.27 bits per heavy atom. The van der Waals surface area contributed by atoms with E-state index < -0.39 is 17.8 Å². The Morgan fingerprint density at radius 2 is 1.93 bits per heavy atom. The van der Waals surface area contributed by atoms with Crippen molar-refractivity contribution in [2.24, 2.45) is 5.73 Å². The quantitative estimate of drug-likeness (QED) is 0.380. The molecule has 1 saturated heterocycles. The van der Waals surface area contributed by atoms with Gasteiger partial charge in [-0.2, -0.15) is 0 Å². The minimum atomic E-state index is -0.739.